The zero-order valence-electron chi connectivity index (χ0n) is 19.4. The summed E-state index contributed by atoms with van der Waals surface area (Å²) >= 11 is 0. The van der Waals surface area contributed by atoms with Crippen LogP contribution in [0.3, 0.4) is 0 Å². The third-order valence-corrected chi connectivity index (χ3v) is 5.49. The van der Waals surface area contributed by atoms with E-state index in [-0.39, 0.29) is 17.8 Å². The second-order valence-electron chi connectivity index (χ2n) is 7.96. The number of rotatable bonds is 11. The fraction of sp³-hybridized carbons (Fsp3) is 0.308. The molecule has 0 aliphatic heterocycles. The topological polar surface area (TPSA) is 96.5 Å². The van der Waals surface area contributed by atoms with Crippen molar-refractivity contribution >= 4 is 5.71 Å². The van der Waals surface area contributed by atoms with E-state index in [0.717, 1.165) is 17.7 Å². The van der Waals surface area contributed by atoms with E-state index in [0.29, 0.717) is 37.6 Å². The molecule has 6 nitrogen and oxygen atoms in total. The van der Waals surface area contributed by atoms with Crippen LogP contribution in [0.2, 0.25) is 0 Å². The lowest BCUT2D eigenvalue weighted by atomic mass is 9.87. The number of aliphatic imine (C=N–C) groups is 1. The van der Waals surface area contributed by atoms with E-state index in [1.165, 1.54) is 12.1 Å². The second-order valence-corrected chi connectivity index (χ2v) is 7.96. The summed E-state index contributed by atoms with van der Waals surface area (Å²) < 4.78 is 45.9. The molecule has 9 heteroatoms. The molecule has 3 rings (SSSR count). The van der Waals surface area contributed by atoms with Gasteiger partial charge in [-0.3, -0.25) is 4.99 Å². The van der Waals surface area contributed by atoms with Gasteiger partial charge in [0, 0.05) is 26.4 Å². The Morgan fingerprint density at radius 1 is 1.14 bits per heavy atom. The zero-order valence-corrected chi connectivity index (χ0v) is 19.4. The fourth-order valence-electron chi connectivity index (χ4n) is 3.67. The van der Waals surface area contributed by atoms with E-state index in [1.807, 2.05) is 30.3 Å². The molecule has 186 valence electrons. The first-order valence-electron chi connectivity index (χ1n) is 11.2. The maximum atomic E-state index is 13.4. The summed E-state index contributed by atoms with van der Waals surface area (Å²) in [6.45, 7) is 1.02. The van der Waals surface area contributed by atoms with E-state index >= 15 is 0 Å². The van der Waals surface area contributed by atoms with Crippen LogP contribution in [0.25, 0.3) is 0 Å². The molecule has 35 heavy (non-hydrogen) atoms. The summed E-state index contributed by atoms with van der Waals surface area (Å²) in [5.74, 6) is 0.122. The number of nitrogens with zero attached hydrogens (tertiary/aromatic N) is 2. The number of aromatic amines is 1. The maximum absolute atomic E-state index is 13.4. The molecule has 3 aromatic rings. The molecule has 0 saturated carbocycles. The Bertz CT molecular complexity index is 1140. The van der Waals surface area contributed by atoms with Gasteiger partial charge >= 0.3 is 6.18 Å². The van der Waals surface area contributed by atoms with Crippen LogP contribution in [0.4, 0.5) is 13.2 Å². The highest BCUT2D eigenvalue weighted by molar-refractivity contribution is 6.07. The number of nitrogens with two attached hydrogens (primary N) is 1. The Balaban J connectivity index is 1.85. The van der Waals surface area contributed by atoms with Gasteiger partial charge in [-0.25, -0.2) is 4.98 Å². The lowest BCUT2D eigenvalue weighted by Crippen LogP contribution is -2.30. The molecule has 0 amide bonds. The molecule has 2 aromatic carbocycles. The minimum Gasteiger partial charge on any atom is -0.377 e. The van der Waals surface area contributed by atoms with Crippen LogP contribution in [0.1, 0.15) is 41.1 Å². The zero-order chi connectivity index (χ0) is 25.3. The normalized spacial score (nSPS) is 14.4. The van der Waals surface area contributed by atoms with Crippen molar-refractivity contribution in [2.75, 3.05) is 20.2 Å². The number of H-pyrrole nitrogens is 1. The molecule has 0 aliphatic rings. The number of allylic oxidation sites excluding steroid dienone is 1. The first kappa shape index (κ1) is 26.3. The number of hydrogen-bond acceptors (Lipinski definition) is 5. The van der Waals surface area contributed by atoms with Crippen LogP contribution < -0.4 is 5.73 Å². The molecule has 1 heterocycles. The van der Waals surface area contributed by atoms with Crippen LogP contribution >= 0.6 is 0 Å². The molecule has 1 unspecified atom stereocenters. The third-order valence-electron chi connectivity index (χ3n) is 5.49. The van der Waals surface area contributed by atoms with Gasteiger partial charge in [-0.05, 0) is 42.2 Å². The monoisotopic (exact) mass is 486 g/mol. The van der Waals surface area contributed by atoms with E-state index in [2.05, 4.69) is 15.0 Å². The van der Waals surface area contributed by atoms with Gasteiger partial charge < -0.3 is 20.6 Å². The Labute approximate surface area is 202 Å². The molecule has 1 atom stereocenters. The number of aliphatic hydroxyl groups is 1. The second kappa shape index (κ2) is 11.9. The lowest BCUT2D eigenvalue weighted by Gasteiger charge is -2.27. The average molecular weight is 487 g/mol. The van der Waals surface area contributed by atoms with Gasteiger partial charge in [0.15, 0.2) is 0 Å². The molecule has 0 fully saturated rings. The largest absolute Gasteiger partial charge is 0.416 e. The molecule has 4 N–H and O–H groups in total. The van der Waals surface area contributed by atoms with E-state index < -0.39 is 17.3 Å². The highest BCUT2D eigenvalue weighted by Gasteiger charge is 2.37. The Morgan fingerprint density at radius 2 is 1.89 bits per heavy atom. The van der Waals surface area contributed by atoms with E-state index in [9.17, 15) is 18.3 Å². The van der Waals surface area contributed by atoms with Crippen LogP contribution in [0.5, 0.6) is 0 Å². The molecular formula is C26H29F3N4O2. The van der Waals surface area contributed by atoms with Crippen molar-refractivity contribution in [1.29, 1.82) is 0 Å². The summed E-state index contributed by atoms with van der Waals surface area (Å²) in [5.41, 5.74) is 4.93. The Morgan fingerprint density at radius 3 is 2.57 bits per heavy atom. The fourth-order valence-corrected chi connectivity index (χ4v) is 3.67. The molecule has 0 radical (unpaired) electrons. The lowest BCUT2D eigenvalue weighted by molar-refractivity contribution is -0.137. The number of ether oxygens (including phenoxy) is 1. The predicted octanol–water partition coefficient (Wildman–Crippen LogP) is 4.60. The molecule has 0 bridgehead atoms. The Hall–Kier alpha value is -3.27. The van der Waals surface area contributed by atoms with Crippen molar-refractivity contribution in [2.45, 2.75) is 31.2 Å². The highest BCUT2D eigenvalue weighted by Crippen LogP contribution is 2.36. The first-order chi connectivity index (χ1) is 16.8. The van der Waals surface area contributed by atoms with Crippen LogP contribution in [-0.2, 0) is 23.1 Å². The number of alkyl halides is 3. The summed E-state index contributed by atoms with van der Waals surface area (Å²) in [6, 6.07) is 14.3. The number of benzene rings is 2. The van der Waals surface area contributed by atoms with Crippen molar-refractivity contribution in [2.24, 2.45) is 10.7 Å². The van der Waals surface area contributed by atoms with Gasteiger partial charge in [0.05, 0.1) is 17.9 Å². The maximum Gasteiger partial charge on any atom is 0.416 e. The predicted molar refractivity (Wildman–Crippen MR) is 129 cm³/mol. The average Bonchev–Trinajstić information content (AvgIpc) is 3.35. The first-order valence-corrected chi connectivity index (χ1v) is 11.2. The van der Waals surface area contributed by atoms with Gasteiger partial charge in [-0.2, -0.15) is 13.2 Å². The van der Waals surface area contributed by atoms with Gasteiger partial charge in [0.25, 0.3) is 0 Å². The molecule has 0 spiro atoms. The number of hydrogen-bond donors (Lipinski definition) is 3. The highest BCUT2D eigenvalue weighted by atomic mass is 19.4. The quantitative estimate of drug-likeness (QED) is 0.273. The van der Waals surface area contributed by atoms with Crippen LogP contribution in [0, 0.1) is 0 Å². The van der Waals surface area contributed by atoms with Crippen LogP contribution in [-0.4, -0.2) is 41.0 Å². The Kier molecular flexibility index (Phi) is 8.97. The molecule has 0 aliphatic carbocycles. The SMILES string of the molecule is C/N=C(\C=C/CN)c1c[nH]c(C(O)(CCCOCc2ccccc2)c2cccc(C(F)(F)F)c2)n1. The number of imidazole rings is 1. The van der Waals surface area contributed by atoms with Gasteiger partial charge in [0.2, 0.25) is 0 Å². The van der Waals surface area contributed by atoms with E-state index in [1.54, 1.807) is 25.4 Å². The van der Waals surface area contributed by atoms with Crippen molar-refractivity contribution in [3.05, 3.63) is 101 Å². The molecular weight excluding hydrogens is 457 g/mol. The van der Waals surface area contributed by atoms with Gasteiger partial charge in [-0.15, -0.1) is 0 Å². The van der Waals surface area contributed by atoms with E-state index in [4.69, 9.17) is 10.5 Å². The van der Waals surface area contributed by atoms with Crippen molar-refractivity contribution in [1.82, 2.24) is 9.97 Å². The van der Waals surface area contributed by atoms with Crippen LogP contribution in [0.15, 0.2) is 77.9 Å². The minimum atomic E-state index is -4.54. The summed E-state index contributed by atoms with van der Waals surface area (Å²) in [5, 5.41) is 11.7. The van der Waals surface area contributed by atoms with Crippen molar-refractivity contribution in [3.63, 3.8) is 0 Å². The summed E-state index contributed by atoms with van der Waals surface area (Å²) in [7, 11) is 1.59. The molecule has 1 aromatic heterocycles. The summed E-state index contributed by atoms with van der Waals surface area (Å²) in [4.78, 5) is 11.6. The van der Waals surface area contributed by atoms with Gasteiger partial charge in [0.1, 0.15) is 17.1 Å². The summed E-state index contributed by atoms with van der Waals surface area (Å²) in [6.07, 6.45) is 0.896. The molecule has 0 saturated heterocycles. The number of halogens is 3. The number of aromatic nitrogens is 2. The smallest absolute Gasteiger partial charge is 0.377 e. The van der Waals surface area contributed by atoms with Crippen molar-refractivity contribution < 1.29 is 23.0 Å². The minimum absolute atomic E-state index is 0.0868. The van der Waals surface area contributed by atoms with Gasteiger partial charge in [-0.1, -0.05) is 48.5 Å². The van der Waals surface area contributed by atoms with Crippen molar-refractivity contribution in [3.8, 4) is 0 Å². The third kappa shape index (κ3) is 6.88. The standard InChI is InChI=1S/C26H29F3N4O2/c1-31-22(12-6-14-30)23-17-32-24(33-23)25(34,20-10-5-11-21(16-20)26(27,28)29)13-7-15-35-18-19-8-3-2-4-9-19/h2-6,8-12,16-17,34H,7,13-15,18,30H2,1H3,(H,32,33)/b12-6-,31-22+. The number of nitrogens with one attached hydrogen (secondary N) is 1.